The molecule has 0 spiro atoms. The van der Waals surface area contributed by atoms with Gasteiger partial charge in [-0.3, -0.25) is 0 Å². The molecule has 1 fully saturated rings. The summed E-state index contributed by atoms with van der Waals surface area (Å²) in [6.07, 6.45) is 4.55. The normalized spacial score (nSPS) is 19.2. The summed E-state index contributed by atoms with van der Waals surface area (Å²) in [5, 5.41) is 11.7. The standard InChI is InChI=1S/C20H21N3O3/c21-12-16-6-11-19(22-13-16)26-18-9-7-17(8-10-18)23-20(24)25-14-15-4-2-1-3-5-15/h1-6,11,13,17-18H,7-10,14H2,(H,23,24). The monoisotopic (exact) mass is 351 g/mol. The molecule has 1 aliphatic carbocycles. The van der Waals surface area contributed by atoms with Gasteiger partial charge in [-0.05, 0) is 37.3 Å². The number of benzene rings is 1. The van der Waals surface area contributed by atoms with Crippen molar-refractivity contribution in [1.29, 1.82) is 5.26 Å². The third kappa shape index (κ3) is 5.21. The average Bonchev–Trinajstić information content (AvgIpc) is 2.69. The summed E-state index contributed by atoms with van der Waals surface area (Å²) in [6.45, 7) is 0.273. The lowest BCUT2D eigenvalue weighted by Crippen LogP contribution is -2.40. The average molecular weight is 351 g/mol. The smallest absolute Gasteiger partial charge is 0.407 e. The van der Waals surface area contributed by atoms with Gasteiger partial charge >= 0.3 is 6.09 Å². The van der Waals surface area contributed by atoms with Crippen LogP contribution in [0.15, 0.2) is 48.7 Å². The fourth-order valence-corrected chi connectivity index (χ4v) is 2.94. The van der Waals surface area contributed by atoms with E-state index in [9.17, 15) is 4.79 Å². The molecule has 0 saturated heterocycles. The molecule has 1 aromatic heterocycles. The number of hydrogen-bond donors (Lipinski definition) is 1. The summed E-state index contributed by atoms with van der Waals surface area (Å²) >= 11 is 0. The van der Waals surface area contributed by atoms with E-state index in [1.54, 1.807) is 12.1 Å². The zero-order valence-corrected chi connectivity index (χ0v) is 14.4. The number of nitrogens with one attached hydrogen (secondary N) is 1. The van der Waals surface area contributed by atoms with Crippen molar-refractivity contribution in [2.45, 2.75) is 44.4 Å². The molecule has 0 radical (unpaired) electrons. The molecule has 1 saturated carbocycles. The number of nitrogens with zero attached hydrogens (tertiary/aromatic N) is 2. The number of carbonyl (C=O) groups excluding carboxylic acids is 1. The van der Waals surface area contributed by atoms with E-state index in [4.69, 9.17) is 14.7 Å². The molecule has 0 unspecified atom stereocenters. The highest BCUT2D eigenvalue weighted by molar-refractivity contribution is 5.67. The largest absolute Gasteiger partial charge is 0.474 e. The van der Waals surface area contributed by atoms with Crippen LogP contribution in [0.5, 0.6) is 5.88 Å². The first-order chi connectivity index (χ1) is 12.7. The molecule has 3 rings (SSSR count). The van der Waals surface area contributed by atoms with Gasteiger partial charge in [0.15, 0.2) is 0 Å². The van der Waals surface area contributed by atoms with Gasteiger partial charge in [-0.2, -0.15) is 5.26 Å². The number of rotatable bonds is 5. The Kier molecular flexibility index (Phi) is 6.05. The first-order valence-corrected chi connectivity index (χ1v) is 8.73. The topological polar surface area (TPSA) is 84.2 Å². The molecule has 0 atom stereocenters. The zero-order valence-electron chi connectivity index (χ0n) is 14.4. The van der Waals surface area contributed by atoms with Crippen LogP contribution in [0.25, 0.3) is 0 Å². The summed E-state index contributed by atoms with van der Waals surface area (Å²) in [5.41, 5.74) is 1.48. The molecular weight excluding hydrogens is 330 g/mol. The lowest BCUT2D eigenvalue weighted by Gasteiger charge is -2.28. The highest BCUT2D eigenvalue weighted by Gasteiger charge is 2.24. The van der Waals surface area contributed by atoms with Gasteiger partial charge in [0, 0.05) is 18.3 Å². The second-order valence-electron chi connectivity index (χ2n) is 6.29. The molecule has 1 aliphatic rings. The molecule has 1 N–H and O–H groups in total. The zero-order chi connectivity index (χ0) is 18.2. The van der Waals surface area contributed by atoms with E-state index in [0.717, 1.165) is 31.2 Å². The third-order valence-electron chi connectivity index (χ3n) is 4.36. The van der Waals surface area contributed by atoms with Crippen LogP contribution in [-0.2, 0) is 11.3 Å². The number of aromatic nitrogens is 1. The van der Waals surface area contributed by atoms with Crippen LogP contribution in [0.4, 0.5) is 4.79 Å². The number of carbonyl (C=O) groups is 1. The first-order valence-electron chi connectivity index (χ1n) is 8.73. The third-order valence-corrected chi connectivity index (χ3v) is 4.36. The SMILES string of the molecule is N#Cc1ccc(OC2CCC(NC(=O)OCc3ccccc3)CC2)nc1. The van der Waals surface area contributed by atoms with Gasteiger partial charge in [0.2, 0.25) is 5.88 Å². The maximum absolute atomic E-state index is 11.9. The Balaban J connectivity index is 1.37. The van der Waals surface area contributed by atoms with Crippen molar-refractivity contribution in [3.05, 3.63) is 59.8 Å². The lowest BCUT2D eigenvalue weighted by molar-refractivity contribution is 0.114. The fraction of sp³-hybridized carbons (Fsp3) is 0.350. The second kappa shape index (κ2) is 8.86. The molecule has 0 bridgehead atoms. The summed E-state index contributed by atoms with van der Waals surface area (Å²) in [6, 6.07) is 15.2. The maximum Gasteiger partial charge on any atom is 0.407 e. The van der Waals surface area contributed by atoms with Crippen molar-refractivity contribution in [3.63, 3.8) is 0 Å². The van der Waals surface area contributed by atoms with Gasteiger partial charge in [-0.1, -0.05) is 30.3 Å². The Morgan fingerprint density at radius 2 is 1.92 bits per heavy atom. The quantitative estimate of drug-likeness (QED) is 0.890. The summed E-state index contributed by atoms with van der Waals surface area (Å²) in [5.74, 6) is 0.530. The number of nitriles is 1. The summed E-state index contributed by atoms with van der Waals surface area (Å²) < 4.78 is 11.1. The van der Waals surface area contributed by atoms with Gasteiger partial charge in [0.05, 0.1) is 5.56 Å². The number of hydrogen-bond acceptors (Lipinski definition) is 5. The molecule has 2 aromatic rings. The van der Waals surface area contributed by atoms with Crippen molar-refractivity contribution in [1.82, 2.24) is 10.3 Å². The molecule has 1 aromatic carbocycles. The summed E-state index contributed by atoms with van der Waals surface area (Å²) in [4.78, 5) is 16.0. The highest BCUT2D eigenvalue weighted by Crippen LogP contribution is 2.23. The molecule has 6 nitrogen and oxygen atoms in total. The molecule has 134 valence electrons. The van der Waals surface area contributed by atoms with Crippen LogP contribution in [0.2, 0.25) is 0 Å². The van der Waals surface area contributed by atoms with Crippen molar-refractivity contribution < 1.29 is 14.3 Å². The van der Waals surface area contributed by atoms with Crippen molar-refractivity contribution >= 4 is 6.09 Å². The number of pyridine rings is 1. The predicted molar refractivity (Wildman–Crippen MR) is 95.4 cm³/mol. The Labute approximate surface area is 152 Å². The Bertz CT molecular complexity index is 748. The second-order valence-corrected chi connectivity index (χ2v) is 6.29. The van der Waals surface area contributed by atoms with Gasteiger partial charge in [-0.15, -0.1) is 0 Å². The van der Waals surface area contributed by atoms with Crippen LogP contribution in [0.3, 0.4) is 0 Å². The minimum atomic E-state index is -0.382. The van der Waals surface area contributed by atoms with E-state index in [0.29, 0.717) is 11.4 Å². The van der Waals surface area contributed by atoms with E-state index in [1.165, 1.54) is 6.20 Å². The molecule has 1 heterocycles. The molecular formula is C20H21N3O3. The Hall–Kier alpha value is -3.07. The van der Waals surface area contributed by atoms with Gasteiger partial charge < -0.3 is 14.8 Å². The number of ether oxygens (including phenoxy) is 2. The van der Waals surface area contributed by atoms with Crippen molar-refractivity contribution in [2.75, 3.05) is 0 Å². The highest BCUT2D eigenvalue weighted by atomic mass is 16.5. The van der Waals surface area contributed by atoms with E-state index in [2.05, 4.69) is 10.3 Å². The lowest BCUT2D eigenvalue weighted by atomic mass is 9.93. The molecule has 0 aliphatic heterocycles. The van der Waals surface area contributed by atoms with Gasteiger partial charge in [0.1, 0.15) is 18.8 Å². The van der Waals surface area contributed by atoms with E-state index >= 15 is 0 Å². The maximum atomic E-state index is 11.9. The molecule has 6 heteroatoms. The van der Waals surface area contributed by atoms with Gasteiger partial charge in [-0.25, -0.2) is 9.78 Å². The predicted octanol–water partition coefficient (Wildman–Crippen LogP) is 3.57. The summed E-state index contributed by atoms with van der Waals surface area (Å²) in [7, 11) is 0. The van der Waals surface area contributed by atoms with Crippen molar-refractivity contribution in [2.24, 2.45) is 0 Å². The fourth-order valence-electron chi connectivity index (χ4n) is 2.94. The minimum absolute atomic E-state index is 0.0776. The van der Waals surface area contributed by atoms with Crippen molar-refractivity contribution in [3.8, 4) is 11.9 Å². The minimum Gasteiger partial charge on any atom is -0.474 e. The number of amides is 1. The van der Waals surface area contributed by atoms with E-state index in [-0.39, 0.29) is 24.8 Å². The van der Waals surface area contributed by atoms with Crippen LogP contribution in [0, 0.1) is 11.3 Å². The first kappa shape index (κ1) is 17.7. The Morgan fingerprint density at radius 3 is 2.58 bits per heavy atom. The van der Waals surface area contributed by atoms with Crippen LogP contribution >= 0.6 is 0 Å². The van der Waals surface area contributed by atoms with Crippen LogP contribution in [0.1, 0.15) is 36.8 Å². The van der Waals surface area contributed by atoms with E-state index < -0.39 is 0 Å². The van der Waals surface area contributed by atoms with E-state index in [1.807, 2.05) is 36.4 Å². The van der Waals surface area contributed by atoms with Gasteiger partial charge in [0.25, 0.3) is 0 Å². The molecule has 26 heavy (non-hydrogen) atoms. The Morgan fingerprint density at radius 1 is 1.15 bits per heavy atom. The van der Waals surface area contributed by atoms with Crippen LogP contribution < -0.4 is 10.1 Å². The van der Waals surface area contributed by atoms with Crippen LogP contribution in [-0.4, -0.2) is 23.2 Å². The molecule has 1 amide bonds. The number of alkyl carbamates (subject to hydrolysis) is 1.